The number of primary amides is 1. The Balaban J connectivity index is 2.87. The minimum atomic E-state index is -3.74. The number of carbonyl (C=O) groups excluding carboxylic acids is 2. The predicted octanol–water partition coefficient (Wildman–Crippen LogP) is -0.0866. The largest absolute Gasteiger partial charge is 0.493 e. The topological polar surface area (TPSA) is 104 Å². The Morgan fingerprint density at radius 3 is 2.72 bits per heavy atom. The molecule has 7 heteroatoms. The van der Waals surface area contributed by atoms with Crippen LogP contribution in [0.5, 0.6) is 5.75 Å². The second-order valence-electron chi connectivity index (χ2n) is 3.50. The maximum atomic E-state index is 11.7. The lowest BCUT2D eigenvalue weighted by molar-refractivity contribution is -0.115. The Morgan fingerprint density at radius 2 is 2.11 bits per heavy atom. The van der Waals surface area contributed by atoms with Gasteiger partial charge < -0.3 is 15.3 Å². The Labute approximate surface area is 105 Å². The number of hydrogen-bond acceptors (Lipinski definition) is 5. The highest BCUT2D eigenvalue weighted by Gasteiger charge is 2.17. The minimum Gasteiger partial charge on any atom is -0.493 e. The molecule has 1 amide bonds. The lowest BCUT2D eigenvalue weighted by Crippen LogP contribution is -2.23. The molecule has 0 fully saturated rings. The van der Waals surface area contributed by atoms with Crippen LogP contribution in [0.25, 0.3) is 0 Å². The van der Waals surface area contributed by atoms with Gasteiger partial charge in [0.15, 0.2) is 9.84 Å². The van der Waals surface area contributed by atoms with Crippen molar-refractivity contribution in [2.24, 2.45) is 5.73 Å². The third-order valence-electron chi connectivity index (χ3n) is 2.00. The van der Waals surface area contributed by atoms with Gasteiger partial charge in [0.05, 0.1) is 11.5 Å². The lowest BCUT2D eigenvalue weighted by atomic mass is 10.3. The summed E-state index contributed by atoms with van der Waals surface area (Å²) in [5.41, 5.74) is 4.86. The monoisotopic (exact) mass is 271 g/mol. The number of benzene rings is 1. The highest BCUT2D eigenvalue weighted by Crippen LogP contribution is 2.18. The number of ether oxygens (including phenoxy) is 1. The van der Waals surface area contributed by atoms with Crippen LogP contribution in [0.2, 0.25) is 0 Å². The number of sulfone groups is 1. The van der Waals surface area contributed by atoms with Crippen LogP contribution in [0, 0.1) is 0 Å². The van der Waals surface area contributed by atoms with Crippen LogP contribution < -0.4 is 10.5 Å². The van der Waals surface area contributed by atoms with E-state index in [-0.39, 0.29) is 17.9 Å². The van der Waals surface area contributed by atoms with Crippen molar-refractivity contribution in [3.8, 4) is 5.75 Å². The third-order valence-corrected chi connectivity index (χ3v) is 3.64. The molecule has 0 bridgehead atoms. The van der Waals surface area contributed by atoms with Crippen molar-refractivity contribution in [2.45, 2.75) is 11.3 Å². The van der Waals surface area contributed by atoms with E-state index in [1.165, 1.54) is 18.2 Å². The fraction of sp³-hybridized carbons (Fsp3) is 0.273. The molecule has 0 saturated carbocycles. The zero-order valence-electron chi connectivity index (χ0n) is 9.53. The molecule has 1 rings (SSSR count). The van der Waals surface area contributed by atoms with Gasteiger partial charge in [-0.1, -0.05) is 6.07 Å². The average Bonchev–Trinajstić information content (AvgIpc) is 2.28. The van der Waals surface area contributed by atoms with Crippen LogP contribution in [0.1, 0.15) is 6.42 Å². The van der Waals surface area contributed by atoms with Crippen LogP contribution in [0.4, 0.5) is 0 Å². The van der Waals surface area contributed by atoms with Crippen LogP contribution >= 0.6 is 0 Å². The maximum Gasteiger partial charge on any atom is 0.233 e. The van der Waals surface area contributed by atoms with E-state index in [0.29, 0.717) is 12.0 Å². The van der Waals surface area contributed by atoms with E-state index in [0.717, 1.165) is 0 Å². The number of nitrogens with two attached hydrogens (primary N) is 1. The quantitative estimate of drug-likeness (QED) is 0.551. The molecular formula is C11H13NO5S. The first-order valence-corrected chi connectivity index (χ1v) is 6.78. The number of amides is 1. The molecule has 0 heterocycles. The van der Waals surface area contributed by atoms with Gasteiger partial charge in [-0.2, -0.15) is 0 Å². The molecule has 0 aliphatic heterocycles. The summed E-state index contributed by atoms with van der Waals surface area (Å²) in [5, 5.41) is 0. The number of carbonyl (C=O) groups is 2. The van der Waals surface area contributed by atoms with E-state index in [4.69, 9.17) is 10.5 Å². The third kappa shape index (κ3) is 4.17. The van der Waals surface area contributed by atoms with Gasteiger partial charge in [-0.3, -0.25) is 4.79 Å². The summed E-state index contributed by atoms with van der Waals surface area (Å²) in [4.78, 5) is 20.7. The van der Waals surface area contributed by atoms with Gasteiger partial charge in [-0.15, -0.1) is 0 Å². The number of aldehydes is 1. The summed E-state index contributed by atoms with van der Waals surface area (Å²) >= 11 is 0. The molecule has 0 radical (unpaired) electrons. The molecular weight excluding hydrogens is 258 g/mol. The fourth-order valence-corrected chi connectivity index (χ4v) is 2.38. The van der Waals surface area contributed by atoms with Gasteiger partial charge in [-0.25, -0.2) is 8.42 Å². The molecule has 6 nitrogen and oxygen atoms in total. The molecule has 98 valence electrons. The second-order valence-corrected chi connectivity index (χ2v) is 5.49. The van der Waals surface area contributed by atoms with Crippen molar-refractivity contribution in [3.63, 3.8) is 0 Å². The first-order valence-electron chi connectivity index (χ1n) is 5.13. The first-order chi connectivity index (χ1) is 8.45. The smallest absolute Gasteiger partial charge is 0.233 e. The van der Waals surface area contributed by atoms with E-state index in [9.17, 15) is 18.0 Å². The molecule has 1 aromatic carbocycles. The number of hydrogen-bond donors (Lipinski definition) is 1. The zero-order chi connectivity index (χ0) is 13.6. The lowest BCUT2D eigenvalue weighted by Gasteiger charge is -2.06. The molecule has 0 aromatic heterocycles. The summed E-state index contributed by atoms with van der Waals surface area (Å²) in [5.74, 6) is -1.34. The average molecular weight is 271 g/mol. The van der Waals surface area contributed by atoms with Crippen molar-refractivity contribution >= 4 is 22.0 Å². The van der Waals surface area contributed by atoms with E-state index in [1.807, 2.05) is 0 Å². The van der Waals surface area contributed by atoms with Crippen LogP contribution in [-0.4, -0.2) is 33.0 Å². The molecule has 0 spiro atoms. The second kappa shape index (κ2) is 6.15. The van der Waals surface area contributed by atoms with Crippen molar-refractivity contribution < 1.29 is 22.7 Å². The minimum absolute atomic E-state index is 0.0371. The van der Waals surface area contributed by atoms with Crippen LogP contribution in [0.15, 0.2) is 29.2 Å². The first kappa shape index (κ1) is 14.2. The van der Waals surface area contributed by atoms with E-state index in [1.54, 1.807) is 6.07 Å². The van der Waals surface area contributed by atoms with Gasteiger partial charge in [-0.05, 0) is 18.2 Å². The maximum absolute atomic E-state index is 11.7. The summed E-state index contributed by atoms with van der Waals surface area (Å²) in [7, 11) is -3.74. The molecule has 0 atom stereocenters. The Hall–Kier alpha value is -1.89. The molecule has 0 saturated heterocycles. The van der Waals surface area contributed by atoms with E-state index in [2.05, 4.69) is 0 Å². The molecule has 0 unspecified atom stereocenters. The Bertz CT molecular complexity index is 538. The van der Waals surface area contributed by atoms with Gasteiger partial charge in [0, 0.05) is 6.42 Å². The van der Waals surface area contributed by atoms with E-state index < -0.39 is 21.5 Å². The van der Waals surface area contributed by atoms with Crippen molar-refractivity contribution in [1.82, 2.24) is 0 Å². The Kier molecular flexibility index (Phi) is 4.85. The molecule has 0 aliphatic carbocycles. The van der Waals surface area contributed by atoms with Crippen molar-refractivity contribution in [1.29, 1.82) is 0 Å². The van der Waals surface area contributed by atoms with Crippen molar-refractivity contribution in [2.75, 3.05) is 12.4 Å². The van der Waals surface area contributed by atoms with Gasteiger partial charge in [0.2, 0.25) is 5.91 Å². The normalized spacial score (nSPS) is 10.9. The zero-order valence-corrected chi connectivity index (χ0v) is 10.4. The SMILES string of the molecule is NC(=O)CS(=O)(=O)c1cccc(OCCC=O)c1. The summed E-state index contributed by atoms with van der Waals surface area (Å²) < 4.78 is 28.6. The highest BCUT2D eigenvalue weighted by atomic mass is 32.2. The molecule has 1 aromatic rings. The van der Waals surface area contributed by atoms with Gasteiger partial charge in [0.25, 0.3) is 0 Å². The summed E-state index contributed by atoms with van der Waals surface area (Å²) in [6.07, 6.45) is 0.923. The highest BCUT2D eigenvalue weighted by molar-refractivity contribution is 7.92. The number of rotatable bonds is 7. The Morgan fingerprint density at radius 1 is 1.39 bits per heavy atom. The van der Waals surface area contributed by atoms with Gasteiger partial charge >= 0.3 is 0 Å². The predicted molar refractivity (Wildman–Crippen MR) is 63.9 cm³/mol. The molecule has 0 aliphatic rings. The van der Waals surface area contributed by atoms with Crippen LogP contribution in [-0.2, 0) is 19.4 Å². The standard InChI is InChI=1S/C11H13NO5S/c12-11(14)8-18(15,16)10-4-1-3-9(7-10)17-6-2-5-13/h1,3-5,7H,2,6,8H2,(H2,12,14). The van der Waals surface area contributed by atoms with Crippen molar-refractivity contribution in [3.05, 3.63) is 24.3 Å². The van der Waals surface area contributed by atoms with Crippen LogP contribution in [0.3, 0.4) is 0 Å². The molecule has 18 heavy (non-hydrogen) atoms. The molecule has 2 N–H and O–H groups in total. The summed E-state index contributed by atoms with van der Waals surface area (Å²) in [6.45, 7) is 0.169. The van der Waals surface area contributed by atoms with E-state index >= 15 is 0 Å². The fourth-order valence-electron chi connectivity index (χ4n) is 1.25. The van der Waals surface area contributed by atoms with Gasteiger partial charge in [0.1, 0.15) is 17.8 Å². The summed E-state index contributed by atoms with van der Waals surface area (Å²) in [6, 6.07) is 5.70.